The summed E-state index contributed by atoms with van der Waals surface area (Å²) in [5, 5.41) is 0. The molecular weight excluding hydrogens is 256 g/mol. The third kappa shape index (κ3) is 4.22. The van der Waals surface area contributed by atoms with Crippen LogP contribution in [-0.2, 0) is 19.6 Å². The lowest BCUT2D eigenvalue weighted by molar-refractivity contribution is -0.142. The van der Waals surface area contributed by atoms with E-state index >= 15 is 0 Å². The van der Waals surface area contributed by atoms with Crippen LogP contribution in [0.4, 0.5) is 0 Å². The standard InChI is InChI=1S/C11H22N2O4S/c1-4-13(18(3,15)16)10-5-7-12(8-6-10)9-11(14)17-2/h10H,4-9H2,1-3H3. The number of nitrogens with zero attached hydrogens (tertiary/aromatic N) is 2. The van der Waals surface area contributed by atoms with Crippen molar-refractivity contribution in [2.45, 2.75) is 25.8 Å². The summed E-state index contributed by atoms with van der Waals surface area (Å²) in [5.74, 6) is -0.246. The summed E-state index contributed by atoms with van der Waals surface area (Å²) in [6.07, 6.45) is 2.77. The molecule has 0 unspecified atom stereocenters. The van der Waals surface area contributed by atoms with Gasteiger partial charge in [0.1, 0.15) is 0 Å². The number of piperidine rings is 1. The van der Waals surface area contributed by atoms with Gasteiger partial charge in [-0.15, -0.1) is 0 Å². The lowest BCUT2D eigenvalue weighted by Gasteiger charge is -2.36. The topological polar surface area (TPSA) is 66.9 Å². The molecule has 0 atom stereocenters. The lowest BCUT2D eigenvalue weighted by Crippen LogP contribution is -2.47. The van der Waals surface area contributed by atoms with Gasteiger partial charge < -0.3 is 4.74 Å². The molecular formula is C11H22N2O4S. The van der Waals surface area contributed by atoms with Crippen LogP contribution in [0.3, 0.4) is 0 Å². The maximum absolute atomic E-state index is 11.6. The third-order valence-electron chi connectivity index (χ3n) is 3.28. The first kappa shape index (κ1) is 15.4. The summed E-state index contributed by atoms with van der Waals surface area (Å²) in [6, 6.07) is 0.0545. The minimum Gasteiger partial charge on any atom is -0.468 e. The Morgan fingerprint density at radius 1 is 1.39 bits per heavy atom. The molecule has 1 saturated heterocycles. The van der Waals surface area contributed by atoms with E-state index in [1.165, 1.54) is 13.4 Å². The zero-order valence-electron chi connectivity index (χ0n) is 11.3. The molecule has 0 saturated carbocycles. The van der Waals surface area contributed by atoms with Gasteiger partial charge in [0.05, 0.1) is 19.9 Å². The fourth-order valence-electron chi connectivity index (χ4n) is 2.38. The van der Waals surface area contributed by atoms with Crippen LogP contribution in [0.15, 0.2) is 0 Å². The van der Waals surface area contributed by atoms with Crippen LogP contribution in [0.5, 0.6) is 0 Å². The number of carbonyl (C=O) groups is 1. The van der Waals surface area contributed by atoms with Gasteiger partial charge in [-0.1, -0.05) is 6.92 Å². The quantitative estimate of drug-likeness (QED) is 0.657. The normalized spacial score (nSPS) is 19.1. The van der Waals surface area contributed by atoms with Gasteiger partial charge in [0.2, 0.25) is 10.0 Å². The second kappa shape index (κ2) is 6.49. The molecule has 18 heavy (non-hydrogen) atoms. The predicted octanol–water partition coefficient (Wildman–Crippen LogP) is -0.0947. The number of rotatable bonds is 5. The zero-order chi connectivity index (χ0) is 13.8. The molecule has 1 rings (SSSR count). The Kier molecular flexibility index (Phi) is 5.55. The van der Waals surface area contributed by atoms with Gasteiger partial charge in [-0.25, -0.2) is 8.42 Å². The monoisotopic (exact) mass is 278 g/mol. The van der Waals surface area contributed by atoms with E-state index in [1.807, 2.05) is 11.8 Å². The maximum atomic E-state index is 11.6. The van der Waals surface area contributed by atoms with Crippen molar-refractivity contribution < 1.29 is 17.9 Å². The summed E-state index contributed by atoms with van der Waals surface area (Å²) in [6.45, 7) is 4.09. The zero-order valence-corrected chi connectivity index (χ0v) is 12.1. The number of esters is 1. The van der Waals surface area contributed by atoms with Gasteiger partial charge in [0.25, 0.3) is 0 Å². The van der Waals surface area contributed by atoms with Crippen LogP contribution < -0.4 is 0 Å². The first-order chi connectivity index (χ1) is 8.38. The Morgan fingerprint density at radius 2 is 1.94 bits per heavy atom. The van der Waals surface area contributed by atoms with Crippen LogP contribution in [-0.4, -0.2) is 69.2 Å². The first-order valence-corrected chi connectivity index (χ1v) is 7.99. The van der Waals surface area contributed by atoms with E-state index in [-0.39, 0.29) is 18.6 Å². The second-order valence-corrected chi connectivity index (χ2v) is 6.48. The number of hydrogen-bond donors (Lipinski definition) is 0. The van der Waals surface area contributed by atoms with Gasteiger partial charge in [0.15, 0.2) is 0 Å². The molecule has 0 aromatic carbocycles. The average Bonchev–Trinajstić information content (AvgIpc) is 2.30. The summed E-state index contributed by atoms with van der Waals surface area (Å²) in [4.78, 5) is 13.1. The van der Waals surface area contributed by atoms with E-state index in [9.17, 15) is 13.2 Å². The summed E-state index contributed by atoms with van der Waals surface area (Å²) in [5.41, 5.74) is 0. The number of ether oxygens (including phenoxy) is 1. The Morgan fingerprint density at radius 3 is 2.33 bits per heavy atom. The van der Waals surface area contributed by atoms with Crippen molar-refractivity contribution in [3.05, 3.63) is 0 Å². The minimum absolute atomic E-state index is 0.0545. The van der Waals surface area contributed by atoms with E-state index in [0.717, 1.165) is 25.9 Å². The number of carbonyl (C=O) groups excluding carboxylic acids is 1. The summed E-state index contributed by atoms with van der Waals surface area (Å²) in [7, 11) is -1.76. The van der Waals surface area contributed by atoms with E-state index < -0.39 is 10.0 Å². The smallest absolute Gasteiger partial charge is 0.319 e. The van der Waals surface area contributed by atoms with E-state index in [1.54, 1.807) is 4.31 Å². The SMILES string of the molecule is CCN(C1CCN(CC(=O)OC)CC1)S(C)(=O)=O. The van der Waals surface area contributed by atoms with Crippen LogP contribution in [0.1, 0.15) is 19.8 Å². The van der Waals surface area contributed by atoms with Crippen LogP contribution in [0.2, 0.25) is 0 Å². The Bertz CT molecular complexity index is 375. The molecule has 0 bridgehead atoms. The highest BCUT2D eigenvalue weighted by Crippen LogP contribution is 2.18. The van der Waals surface area contributed by atoms with E-state index in [0.29, 0.717) is 6.54 Å². The number of methoxy groups -OCH3 is 1. The fourth-order valence-corrected chi connectivity index (χ4v) is 3.60. The Balaban J connectivity index is 2.50. The van der Waals surface area contributed by atoms with Gasteiger partial charge >= 0.3 is 5.97 Å². The van der Waals surface area contributed by atoms with Crippen molar-refractivity contribution in [3.8, 4) is 0 Å². The molecule has 0 N–H and O–H groups in total. The molecule has 106 valence electrons. The molecule has 7 heteroatoms. The van der Waals surface area contributed by atoms with Crippen LogP contribution in [0, 0.1) is 0 Å². The van der Waals surface area contributed by atoms with Crippen molar-refractivity contribution in [2.24, 2.45) is 0 Å². The molecule has 0 aromatic rings. The molecule has 0 radical (unpaired) electrons. The van der Waals surface area contributed by atoms with Crippen molar-refractivity contribution >= 4 is 16.0 Å². The molecule has 0 spiro atoms. The Labute approximate surface area is 109 Å². The third-order valence-corrected chi connectivity index (χ3v) is 4.69. The van der Waals surface area contributed by atoms with E-state index in [4.69, 9.17) is 0 Å². The van der Waals surface area contributed by atoms with E-state index in [2.05, 4.69) is 4.74 Å². The van der Waals surface area contributed by atoms with Crippen molar-refractivity contribution in [2.75, 3.05) is 39.5 Å². The molecule has 0 aromatic heterocycles. The second-order valence-electron chi connectivity index (χ2n) is 4.55. The van der Waals surface area contributed by atoms with Gasteiger partial charge in [-0.2, -0.15) is 4.31 Å². The molecule has 0 amide bonds. The first-order valence-electron chi connectivity index (χ1n) is 6.14. The average molecular weight is 278 g/mol. The largest absolute Gasteiger partial charge is 0.468 e. The molecule has 0 aliphatic carbocycles. The minimum atomic E-state index is -3.14. The predicted molar refractivity (Wildman–Crippen MR) is 68.7 cm³/mol. The van der Waals surface area contributed by atoms with Crippen molar-refractivity contribution in [3.63, 3.8) is 0 Å². The maximum Gasteiger partial charge on any atom is 0.319 e. The molecule has 1 aliphatic rings. The summed E-state index contributed by atoms with van der Waals surface area (Å²) >= 11 is 0. The summed E-state index contributed by atoms with van der Waals surface area (Å²) < 4.78 is 29.4. The number of hydrogen-bond acceptors (Lipinski definition) is 5. The Hall–Kier alpha value is -0.660. The van der Waals surface area contributed by atoms with Gasteiger partial charge in [-0.3, -0.25) is 9.69 Å². The van der Waals surface area contributed by atoms with Gasteiger partial charge in [0, 0.05) is 25.7 Å². The van der Waals surface area contributed by atoms with Crippen molar-refractivity contribution in [1.29, 1.82) is 0 Å². The molecule has 1 fully saturated rings. The molecule has 6 nitrogen and oxygen atoms in total. The molecule has 1 heterocycles. The highest BCUT2D eigenvalue weighted by molar-refractivity contribution is 7.88. The molecule has 1 aliphatic heterocycles. The fraction of sp³-hybridized carbons (Fsp3) is 0.909. The lowest BCUT2D eigenvalue weighted by atomic mass is 10.1. The highest BCUT2D eigenvalue weighted by atomic mass is 32.2. The van der Waals surface area contributed by atoms with Gasteiger partial charge in [-0.05, 0) is 12.8 Å². The van der Waals surface area contributed by atoms with Crippen LogP contribution >= 0.6 is 0 Å². The number of likely N-dealkylation sites (tertiary alicyclic amines) is 1. The number of sulfonamides is 1. The highest BCUT2D eigenvalue weighted by Gasteiger charge is 2.29. The van der Waals surface area contributed by atoms with Crippen LogP contribution in [0.25, 0.3) is 0 Å². The van der Waals surface area contributed by atoms with Crippen molar-refractivity contribution in [1.82, 2.24) is 9.21 Å².